The number of hydrogen-bond acceptors (Lipinski definition) is 1. The van der Waals surface area contributed by atoms with Crippen molar-refractivity contribution in [2.45, 2.75) is 13.0 Å². The fraction of sp³-hybridized carbons (Fsp3) is 0.400. The molecule has 1 atom stereocenters. The second-order valence-corrected chi connectivity index (χ2v) is 1.17. The third-order valence-electron chi connectivity index (χ3n) is 0.415. The highest BCUT2D eigenvalue weighted by atomic mass is 16.3. The maximum Gasteiger partial charge on any atom is 0.0692 e. The molecule has 0 aromatic rings. The summed E-state index contributed by atoms with van der Waals surface area (Å²) in [5.74, 6) is 0. The Morgan fingerprint density at radius 1 is 1.83 bits per heavy atom. The van der Waals surface area contributed by atoms with E-state index in [4.69, 9.17) is 5.11 Å². The molecule has 1 nitrogen and oxygen atoms in total. The number of aliphatic hydroxyl groups excluding tert-OH is 1. The first kappa shape index (κ1) is 5.70. The zero-order chi connectivity index (χ0) is 4.99. The van der Waals surface area contributed by atoms with Gasteiger partial charge in [0.1, 0.15) is 0 Å². The smallest absolute Gasteiger partial charge is 0.0692 e. The van der Waals surface area contributed by atoms with E-state index in [1.807, 2.05) is 0 Å². The Balaban J connectivity index is 3.03. The molecule has 0 saturated carbocycles. The van der Waals surface area contributed by atoms with Crippen molar-refractivity contribution in [3.05, 3.63) is 19.1 Å². The van der Waals surface area contributed by atoms with Crippen molar-refractivity contribution in [2.75, 3.05) is 0 Å². The largest absolute Gasteiger partial charge is 0.389 e. The Kier molecular flexibility index (Phi) is 2.77. The number of rotatable bonds is 1. The number of allylic oxidation sites excluding steroid dienone is 1. The van der Waals surface area contributed by atoms with Crippen LogP contribution in [0, 0.1) is 6.92 Å². The molecule has 0 heterocycles. The fourth-order valence-electron chi connectivity index (χ4n) is 0.197. The lowest BCUT2D eigenvalue weighted by molar-refractivity contribution is 0.244. The Hall–Kier alpha value is -0.300. The first-order valence-electron chi connectivity index (χ1n) is 1.91. The summed E-state index contributed by atoms with van der Waals surface area (Å²) in [5, 5.41) is 8.43. The van der Waals surface area contributed by atoms with Crippen LogP contribution in [0.4, 0.5) is 0 Å². The van der Waals surface area contributed by atoms with Gasteiger partial charge in [0, 0.05) is 0 Å². The van der Waals surface area contributed by atoms with Crippen LogP contribution in [-0.2, 0) is 0 Å². The van der Waals surface area contributed by atoms with Gasteiger partial charge in [0.15, 0.2) is 0 Å². The molecule has 0 spiro atoms. The maximum atomic E-state index is 8.43. The van der Waals surface area contributed by atoms with Crippen molar-refractivity contribution < 1.29 is 5.11 Å². The summed E-state index contributed by atoms with van der Waals surface area (Å²) in [7, 11) is 0. The van der Waals surface area contributed by atoms with Gasteiger partial charge in [0.25, 0.3) is 0 Å². The molecule has 0 aliphatic carbocycles. The van der Waals surface area contributed by atoms with Crippen molar-refractivity contribution in [1.29, 1.82) is 0 Å². The second kappa shape index (κ2) is 2.91. The predicted molar refractivity (Wildman–Crippen MR) is 26.2 cm³/mol. The fourth-order valence-corrected chi connectivity index (χ4v) is 0.197. The lowest BCUT2D eigenvalue weighted by Gasteiger charge is -1.87. The molecule has 35 valence electrons. The van der Waals surface area contributed by atoms with E-state index in [9.17, 15) is 0 Å². The monoisotopic (exact) mass is 85.1 g/mol. The van der Waals surface area contributed by atoms with Crippen LogP contribution in [0.3, 0.4) is 0 Å². The minimum absolute atomic E-state index is 0.345. The quantitative estimate of drug-likeness (QED) is 0.498. The van der Waals surface area contributed by atoms with Gasteiger partial charge in [-0.3, -0.25) is 0 Å². The lowest BCUT2D eigenvalue weighted by atomic mass is 10.4. The molecule has 0 saturated heterocycles. The molecule has 0 aromatic heterocycles. The first-order valence-corrected chi connectivity index (χ1v) is 1.91. The molecule has 0 bridgehead atoms. The summed E-state index contributed by atoms with van der Waals surface area (Å²) in [6.45, 7) is 5.07. The van der Waals surface area contributed by atoms with Crippen LogP contribution in [0.15, 0.2) is 12.2 Å². The van der Waals surface area contributed by atoms with Gasteiger partial charge in [-0.05, 0) is 13.8 Å². The average Bonchev–Trinajstić information content (AvgIpc) is 1.35. The van der Waals surface area contributed by atoms with E-state index in [1.54, 1.807) is 19.1 Å². The molecular weight excluding hydrogens is 76.1 g/mol. The lowest BCUT2D eigenvalue weighted by Crippen LogP contribution is -1.90. The van der Waals surface area contributed by atoms with Gasteiger partial charge in [-0.25, -0.2) is 0 Å². The molecule has 0 aromatic carbocycles. The van der Waals surface area contributed by atoms with E-state index in [2.05, 4.69) is 6.92 Å². The first-order chi connectivity index (χ1) is 2.77. The van der Waals surface area contributed by atoms with E-state index in [-0.39, 0.29) is 6.10 Å². The van der Waals surface area contributed by atoms with Crippen LogP contribution in [-0.4, -0.2) is 11.2 Å². The summed E-state index contributed by atoms with van der Waals surface area (Å²) in [5.41, 5.74) is 0. The number of aliphatic hydroxyl groups is 1. The highest BCUT2D eigenvalue weighted by molar-refractivity contribution is 4.87. The van der Waals surface area contributed by atoms with Crippen LogP contribution >= 0.6 is 0 Å². The molecule has 0 rings (SSSR count). The van der Waals surface area contributed by atoms with Gasteiger partial charge in [0.05, 0.1) is 6.10 Å². The molecule has 6 heavy (non-hydrogen) atoms. The molecule has 1 heteroatoms. The third kappa shape index (κ3) is 3.70. The third-order valence-corrected chi connectivity index (χ3v) is 0.415. The Labute approximate surface area is 38.3 Å². The molecule has 1 radical (unpaired) electrons. The molecule has 0 aliphatic heterocycles. The number of hydrogen-bond donors (Lipinski definition) is 1. The molecule has 1 N–H and O–H groups in total. The van der Waals surface area contributed by atoms with Crippen molar-refractivity contribution in [3.63, 3.8) is 0 Å². The van der Waals surface area contributed by atoms with Crippen LogP contribution in [0.1, 0.15) is 6.92 Å². The van der Waals surface area contributed by atoms with Crippen LogP contribution < -0.4 is 0 Å². The van der Waals surface area contributed by atoms with Gasteiger partial charge >= 0.3 is 0 Å². The zero-order valence-electron chi connectivity index (χ0n) is 3.89. The van der Waals surface area contributed by atoms with Crippen LogP contribution in [0.5, 0.6) is 0 Å². The predicted octanol–water partition coefficient (Wildman–Crippen LogP) is 0.757. The van der Waals surface area contributed by atoms with Crippen molar-refractivity contribution in [1.82, 2.24) is 0 Å². The van der Waals surface area contributed by atoms with Crippen molar-refractivity contribution in [3.8, 4) is 0 Å². The van der Waals surface area contributed by atoms with E-state index in [1.165, 1.54) is 0 Å². The van der Waals surface area contributed by atoms with Gasteiger partial charge in [0.2, 0.25) is 0 Å². The van der Waals surface area contributed by atoms with Gasteiger partial charge in [-0.15, -0.1) is 0 Å². The Bertz CT molecular complexity index is 45.9. The molecule has 0 amide bonds. The van der Waals surface area contributed by atoms with Crippen molar-refractivity contribution in [2.24, 2.45) is 0 Å². The summed E-state index contributed by atoms with van der Waals surface area (Å²) in [6.07, 6.45) is 2.84. The van der Waals surface area contributed by atoms with Gasteiger partial charge in [-0.2, -0.15) is 0 Å². The van der Waals surface area contributed by atoms with Gasteiger partial charge in [-0.1, -0.05) is 12.2 Å². The Morgan fingerprint density at radius 2 is 2.33 bits per heavy atom. The standard InChI is InChI=1S/C5H9O/c1-3-4-5(2)6/h3-6H,1H2,2H3. The van der Waals surface area contributed by atoms with Gasteiger partial charge < -0.3 is 5.11 Å². The van der Waals surface area contributed by atoms with Crippen LogP contribution in [0.2, 0.25) is 0 Å². The maximum absolute atomic E-state index is 8.43. The Morgan fingerprint density at radius 3 is 2.33 bits per heavy atom. The molecule has 1 unspecified atom stereocenters. The van der Waals surface area contributed by atoms with Crippen molar-refractivity contribution >= 4 is 0 Å². The average molecular weight is 85.1 g/mol. The summed E-state index contributed by atoms with van der Waals surface area (Å²) < 4.78 is 0. The summed E-state index contributed by atoms with van der Waals surface area (Å²) in [6, 6.07) is 0. The molecule has 0 aliphatic rings. The normalized spacial score (nSPS) is 15.8. The second-order valence-electron chi connectivity index (χ2n) is 1.17. The highest BCUT2D eigenvalue weighted by Gasteiger charge is 1.78. The van der Waals surface area contributed by atoms with Crippen LogP contribution in [0.25, 0.3) is 0 Å². The minimum Gasteiger partial charge on any atom is -0.389 e. The molecule has 0 fully saturated rings. The molecular formula is C5H9O. The van der Waals surface area contributed by atoms with E-state index >= 15 is 0 Å². The SMILES string of the molecule is [CH2]C=CC(C)O. The van der Waals surface area contributed by atoms with E-state index < -0.39 is 0 Å². The summed E-state index contributed by atoms with van der Waals surface area (Å²) in [4.78, 5) is 0. The van der Waals surface area contributed by atoms with E-state index in [0.717, 1.165) is 0 Å². The topological polar surface area (TPSA) is 20.2 Å². The van der Waals surface area contributed by atoms with E-state index in [0.29, 0.717) is 0 Å². The minimum atomic E-state index is -0.345. The zero-order valence-corrected chi connectivity index (χ0v) is 3.89. The summed E-state index contributed by atoms with van der Waals surface area (Å²) >= 11 is 0. The highest BCUT2D eigenvalue weighted by Crippen LogP contribution is 1.78.